The van der Waals surface area contributed by atoms with E-state index in [1.54, 1.807) is 24.5 Å². The summed E-state index contributed by atoms with van der Waals surface area (Å²) in [5.74, 6) is -0.101. The second kappa shape index (κ2) is 5.45. The maximum Gasteiger partial charge on any atom is 0.253 e. The van der Waals surface area contributed by atoms with Gasteiger partial charge in [0.1, 0.15) is 0 Å². The van der Waals surface area contributed by atoms with Crippen molar-refractivity contribution in [1.82, 2.24) is 10.3 Å². The molecule has 1 heterocycles. The molecule has 0 bridgehead atoms. The third kappa shape index (κ3) is 2.94. The van der Waals surface area contributed by atoms with Crippen molar-refractivity contribution in [3.63, 3.8) is 0 Å². The van der Waals surface area contributed by atoms with Crippen molar-refractivity contribution >= 4 is 5.91 Å². The van der Waals surface area contributed by atoms with Gasteiger partial charge in [-0.15, -0.1) is 0 Å². The van der Waals surface area contributed by atoms with Crippen LogP contribution in [0.25, 0.3) is 0 Å². The Balaban J connectivity index is 2.06. The highest BCUT2D eigenvalue weighted by molar-refractivity contribution is 5.94. The quantitative estimate of drug-likeness (QED) is 0.896. The van der Waals surface area contributed by atoms with Crippen LogP contribution < -0.4 is 5.32 Å². The maximum atomic E-state index is 11.9. The summed E-state index contributed by atoms with van der Waals surface area (Å²) >= 11 is 0. The summed E-state index contributed by atoms with van der Waals surface area (Å²) in [7, 11) is 0. The molecule has 0 aliphatic heterocycles. The first-order chi connectivity index (χ1) is 8.66. The van der Waals surface area contributed by atoms with E-state index in [0.717, 1.165) is 5.56 Å². The molecule has 0 saturated heterocycles. The van der Waals surface area contributed by atoms with Gasteiger partial charge in [0.05, 0.1) is 11.6 Å². The Labute approximate surface area is 107 Å². The third-order valence-electron chi connectivity index (χ3n) is 2.85. The number of aromatic nitrogens is 1. The number of nitrogens with zero attached hydrogens (tertiary/aromatic N) is 1. The molecule has 1 atom stereocenters. The lowest BCUT2D eigenvalue weighted by atomic mass is 10.1. The highest BCUT2D eigenvalue weighted by atomic mass is 16.1. The fourth-order valence-corrected chi connectivity index (χ4v) is 1.72. The lowest BCUT2D eigenvalue weighted by Gasteiger charge is -2.14. The molecule has 0 aliphatic rings. The molecule has 1 aromatic carbocycles. The van der Waals surface area contributed by atoms with E-state index in [9.17, 15) is 4.79 Å². The number of nitrogens with one attached hydrogen (secondary N) is 1. The summed E-state index contributed by atoms with van der Waals surface area (Å²) in [6.45, 7) is 4.02. The van der Waals surface area contributed by atoms with E-state index in [1.165, 1.54) is 5.56 Å². The predicted octanol–water partition coefficient (Wildman–Crippen LogP) is 2.88. The molecular formula is C15H16N2O. The lowest BCUT2D eigenvalue weighted by Crippen LogP contribution is -2.26. The van der Waals surface area contributed by atoms with Gasteiger partial charge in [-0.2, -0.15) is 0 Å². The molecular weight excluding hydrogens is 224 g/mol. The highest BCUT2D eigenvalue weighted by Crippen LogP contribution is 2.13. The second-order valence-corrected chi connectivity index (χ2v) is 4.35. The summed E-state index contributed by atoms with van der Waals surface area (Å²) in [4.78, 5) is 15.9. The van der Waals surface area contributed by atoms with Crippen molar-refractivity contribution in [3.8, 4) is 0 Å². The molecule has 0 aliphatic carbocycles. The van der Waals surface area contributed by atoms with E-state index >= 15 is 0 Å². The average molecular weight is 240 g/mol. The number of pyridine rings is 1. The van der Waals surface area contributed by atoms with Crippen LogP contribution in [0.5, 0.6) is 0 Å². The van der Waals surface area contributed by atoms with E-state index < -0.39 is 0 Å². The molecule has 0 radical (unpaired) electrons. The van der Waals surface area contributed by atoms with Crippen molar-refractivity contribution in [2.45, 2.75) is 19.9 Å². The van der Waals surface area contributed by atoms with Crippen LogP contribution in [0, 0.1) is 6.92 Å². The minimum Gasteiger partial charge on any atom is -0.345 e. The van der Waals surface area contributed by atoms with Crippen molar-refractivity contribution in [3.05, 3.63) is 65.5 Å². The first-order valence-corrected chi connectivity index (χ1v) is 5.94. The van der Waals surface area contributed by atoms with Gasteiger partial charge in [-0.3, -0.25) is 9.78 Å². The fourth-order valence-electron chi connectivity index (χ4n) is 1.72. The molecule has 2 rings (SSSR count). The molecule has 1 aromatic heterocycles. The van der Waals surface area contributed by atoms with Crippen LogP contribution in [0.1, 0.15) is 34.5 Å². The number of rotatable bonds is 3. The van der Waals surface area contributed by atoms with Crippen LogP contribution in [0.2, 0.25) is 0 Å². The van der Waals surface area contributed by atoms with E-state index in [0.29, 0.717) is 5.56 Å². The molecule has 0 fully saturated rings. The zero-order valence-corrected chi connectivity index (χ0v) is 10.6. The minimum atomic E-state index is -0.101. The van der Waals surface area contributed by atoms with Crippen molar-refractivity contribution in [2.75, 3.05) is 0 Å². The zero-order valence-electron chi connectivity index (χ0n) is 10.6. The Morgan fingerprint density at radius 2 is 1.94 bits per heavy atom. The summed E-state index contributed by atoms with van der Waals surface area (Å²) in [5, 5.41) is 2.95. The molecule has 0 spiro atoms. The molecule has 18 heavy (non-hydrogen) atoms. The summed E-state index contributed by atoms with van der Waals surface area (Å²) in [6.07, 6.45) is 3.22. The van der Waals surface area contributed by atoms with Crippen LogP contribution in [0.4, 0.5) is 0 Å². The van der Waals surface area contributed by atoms with Gasteiger partial charge in [-0.25, -0.2) is 0 Å². The summed E-state index contributed by atoms with van der Waals surface area (Å²) in [5.41, 5.74) is 2.89. The Hall–Kier alpha value is -2.16. The number of hydrogen-bond donors (Lipinski definition) is 1. The van der Waals surface area contributed by atoms with E-state index in [-0.39, 0.29) is 11.9 Å². The van der Waals surface area contributed by atoms with Crippen molar-refractivity contribution in [1.29, 1.82) is 0 Å². The molecule has 2 aromatic rings. The predicted molar refractivity (Wildman–Crippen MR) is 71.3 cm³/mol. The Morgan fingerprint density at radius 1 is 1.22 bits per heavy atom. The molecule has 0 saturated carbocycles. The Bertz CT molecular complexity index is 520. The standard InChI is InChI=1S/C15H16N2O/c1-11-5-7-13(8-6-11)12(2)17-15(18)14-4-3-9-16-10-14/h3-10,12H,1-2H3,(H,17,18)/t12-/m1/s1. The number of aryl methyl sites for hydroxylation is 1. The monoisotopic (exact) mass is 240 g/mol. The Kier molecular flexibility index (Phi) is 3.72. The van der Waals surface area contributed by atoms with Crippen LogP contribution in [-0.2, 0) is 0 Å². The molecule has 92 valence electrons. The highest BCUT2D eigenvalue weighted by Gasteiger charge is 2.10. The van der Waals surface area contributed by atoms with Gasteiger partial charge in [0, 0.05) is 12.4 Å². The third-order valence-corrected chi connectivity index (χ3v) is 2.85. The average Bonchev–Trinajstić information content (AvgIpc) is 2.40. The molecule has 3 nitrogen and oxygen atoms in total. The molecule has 0 unspecified atom stereocenters. The van der Waals surface area contributed by atoms with Crippen molar-refractivity contribution < 1.29 is 4.79 Å². The number of hydrogen-bond acceptors (Lipinski definition) is 2. The first kappa shape index (κ1) is 12.3. The fraction of sp³-hybridized carbons (Fsp3) is 0.200. The second-order valence-electron chi connectivity index (χ2n) is 4.35. The topological polar surface area (TPSA) is 42.0 Å². The van der Waals surface area contributed by atoms with Crippen LogP contribution in [-0.4, -0.2) is 10.9 Å². The van der Waals surface area contributed by atoms with E-state index in [4.69, 9.17) is 0 Å². The molecule has 1 N–H and O–H groups in total. The van der Waals surface area contributed by atoms with Gasteiger partial charge in [0.2, 0.25) is 0 Å². The normalized spacial score (nSPS) is 11.9. The molecule has 3 heteroatoms. The first-order valence-electron chi connectivity index (χ1n) is 5.94. The van der Waals surface area contributed by atoms with Crippen molar-refractivity contribution in [2.24, 2.45) is 0 Å². The SMILES string of the molecule is Cc1ccc([C@@H](C)NC(=O)c2cccnc2)cc1. The summed E-state index contributed by atoms with van der Waals surface area (Å²) in [6, 6.07) is 11.6. The van der Waals surface area contributed by atoms with Gasteiger partial charge < -0.3 is 5.32 Å². The van der Waals surface area contributed by atoms with E-state index in [1.807, 2.05) is 38.1 Å². The summed E-state index contributed by atoms with van der Waals surface area (Å²) < 4.78 is 0. The molecule has 1 amide bonds. The zero-order chi connectivity index (χ0) is 13.0. The Morgan fingerprint density at radius 3 is 2.56 bits per heavy atom. The number of benzene rings is 1. The number of amides is 1. The van der Waals surface area contributed by atoms with Gasteiger partial charge in [0.15, 0.2) is 0 Å². The van der Waals surface area contributed by atoms with Gasteiger partial charge >= 0.3 is 0 Å². The van der Waals surface area contributed by atoms with Crippen LogP contribution >= 0.6 is 0 Å². The van der Waals surface area contributed by atoms with Gasteiger partial charge in [-0.05, 0) is 31.5 Å². The van der Waals surface area contributed by atoms with Gasteiger partial charge in [-0.1, -0.05) is 29.8 Å². The van der Waals surface area contributed by atoms with Crippen LogP contribution in [0.15, 0.2) is 48.8 Å². The lowest BCUT2D eigenvalue weighted by molar-refractivity contribution is 0.0939. The number of carbonyl (C=O) groups is 1. The minimum absolute atomic E-state index is 0.0155. The smallest absolute Gasteiger partial charge is 0.253 e. The number of carbonyl (C=O) groups excluding carboxylic acids is 1. The van der Waals surface area contributed by atoms with Crippen LogP contribution in [0.3, 0.4) is 0 Å². The van der Waals surface area contributed by atoms with E-state index in [2.05, 4.69) is 10.3 Å². The largest absolute Gasteiger partial charge is 0.345 e. The van der Waals surface area contributed by atoms with Gasteiger partial charge in [0.25, 0.3) is 5.91 Å². The maximum absolute atomic E-state index is 11.9.